The minimum Gasteiger partial charge on any atom is -0.463 e. The third kappa shape index (κ3) is 3.34. The first-order valence-electron chi connectivity index (χ1n) is 6.35. The van der Waals surface area contributed by atoms with Crippen molar-refractivity contribution in [3.63, 3.8) is 0 Å². The van der Waals surface area contributed by atoms with Gasteiger partial charge in [-0.1, -0.05) is 29.8 Å². The van der Waals surface area contributed by atoms with E-state index in [4.69, 9.17) is 0 Å². The summed E-state index contributed by atoms with van der Waals surface area (Å²) in [5.41, 5.74) is -3.34. The summed E-state index contributed by atoms with van der Waals surface area (Å²) < 4.78 is 58.4. The highest BCUT2D eigenvalue weighted by Crippen LogP contribution is 2.44. The summed E-state index contributed by atoms with van der Waals surface area (Å²) in [7, 11) is 1.16. The van der Waals surface area contributed by atoms with Gasteiger partial charge in [0.25, 0.3) is 0 Å². The Bertz CT molecular complexity index is 487. The molecule has 0 aliphatic heterocycles. The Balaban J connectivity index is 3.34. The standard InChI is InChI=1S/C14H17F4NO2/c1-4-21-12(20)13(15,14(16,17)18)11(19-3)10-7-5-9(2)6-8-10/h5-8,11,19H,4H2,1-3H3/t11-,13+/m0/s1. The number of rotatable bonds is 5. The van der Waals surface area contributed by atoms with Gasteiger partial charge in [-0.15, -0.1) is 0 Å². The van der Waals surface area contributed by atoms with E-state index in [9.17, 15) is 22.4 Å². The number of ether oxygens (including phenoxy) is 1. The number of benzene rings is 1. The van der Waals surface area contributed by atoms with Crippen molar-refractivity contribution in [3.05, 3.63) is 35.4 Å². The van der Waals surface area contributed by atoms with Crippen LogP contribution in [0, 0.1) is 6.92 Å². The number of aryl methyl sites for hydroxylation is 1. The fraction of sp³-hybridized carbons (Fsp3) is 0.500. The molecule has 118 valence electrons. The molecule has 0 saturated heterocycles. The number of alkyl halides is 4. The van der Waals surface area contributed by atoms with Crippen LogP contribution in [0.3, 0.4) is 0 Å². The van der Waals surface area contributed by atoms with Gasteiger partial charge < -0.3 is 10.1 Å². The summed E-state index contributed by atoms with van der Waals surface area (Å²) in [6, 6.07) is 3.88. The molecule has 0 fully saturated rings. The molecule has 1 rings (SSSR count). The summed E-state index contributed by atoms with van der Waals surface area (Å²) in [6.45, 7) is 2.72. The molecule has 2 atom stereocenters. The van der Waals surface area contributed by atoms with Crippen LogP contribution in [0.5, 0.6) is 0 Å². The number of carbonyl (C=O) groups excluding carboxylic acids is 1. The second kappa shape index (κ2) is 6.43. The topological polar surface area (TPSA) is 38.3 Å². The molecule has 0 amide bonds. The van der Waals surface area contributed by atoms with E-state index in [0.717, 1.165) is 12.6 Å². The highest BCUT2D eigenvalue weighted by Gasteiger charge is 2.67. The zero-order valence-electron chi connectivity index (χ0n) is 11.9. The maximum absolute atomic E-state index is 14.7. The Morgan fingerprint density at radius 1 is 1.24 bits per heavy atom. The number of halogens is 4. The monoisotopic (exact) mass is 307 g/mol. The molecule has 0 spiro atoms. The van der Waals surface area contributed by atoms with Crippen molar-refractivity contribution in [2.45, 2.75) is 31.7 Å². The quantitative estimate of drug-likeness (QED) is 0.671. The molecule has 0 aromatic heterocycles. The van der Waals surface area contributed by atoms with Gasteiger partial charge in [-0.3, -0.25) is 0 Å². The zero-order valence-corrected chi connectivity index (χ0v) is 11.9. The molecule has 1 aromatic rings. The first kappa shape index (κ1) is 17.4. The molecule has 21 heavy (non-hydrogen) atoms. The van der Waals surface area contributed by atoms with Crippen LogP contribution < -0.4 is 5.32 Å². The van der Waals surface area contributed by atoms with Crippen LogP contribution in [-0.2, 0) is 9.53 Å². The Morgan fingerprint density at radius 3 is 2.14 bits per heavy atom. The highest BCUT2D eigenvalue weighted by atomic mass is 19.4. The van der Waals surface area contributed by atoms with Gasteiger partial charge in [0, 0.05) is 0 Å². The van der Waals surface area contributed by atoms with E-state index in [2.05, 4.69) is 10.1 Å². The van der Waals surface area contributed by atoms with Crippen molar-refractivity contribution in [3.8, 4) is 0 Å². The third-order valence-electron chi connectivity index (χ3n) is 3.08. The lowest BCUT2D eigenvalue weighted by molar-refractivity contribution is -0.247. The van der Waals surface area contributed by atoms with Gasteiger partial charge in [-0.05, 0) is 26.5 Å². The molecular formula is C14H17F4NO2. The molecule has 1 N–H and O–H groups in total. The fourth-order valence-corrected chi connectivity index (χ4v) is 1.99. The zero-order chi connectivity index (χ0) is 16.3. The van der Waals surface area contributed by atoms with Crippen LogP contribution in [0.15, 0.2) is 24.3 Å². The van der Waals surface area contributed by atoms with E-state index in [1.54, 1.807) is 19.1 Å². The third-order valence-corrected chi connectivity index (χ3v) is 3.08. The lowest BCUT2D eigenvalue weighted by Crippen LogP contribution is -2.56. The van der Waals surface area contributed by atoms with Gasteiger partial charge in [0.15, 0.2) is 0 Å². The summed E-state index contributed by atoms with van der Waals surface area (Å²) >= 11 is 0. The first-order valence-corrected chi connectivity index (χ1v) is 6.35. The maximum atomic E-state index is 14.7. The predicted molar refractivity (Wildman–Crippen MR) is 69.5 cm³/mol. The lowest BCUT2D eigenvalue weighted by Gasteiger charge is -2.33. The first-order chi connectivity index (χ1) is 9.68. The van der Waals surface area contributed by atoms with Gasteiger partial charge in [0.05, 0.1) is 12.6 Å². The van der Waals surface area contributed by atoms with Crippen LogP contribution in [0.2, 0.25) is 0 Å². The van der Waals surface area contributed by atoms with E-state index >= 15 is 0 Å². The Kier molecular flexibility index (Phi) is 5.33. The van der Waals surface area contributed by atoms with Crippen LogP contribution in [0.25, 0.3) is 0 Å². The van der Waals surface area contributed by atoms with Crippen molar-refractivity contribution >= 4 is 5.97 Å². The van der Waals surface area contributed by atoms with Crippen LogP contribution in [-0.4, -0.2) is 31.5 Å². The van der Waals surface area contributed by atoms with E-state index in [1.165, 1.54) is 19.1 Å². The molecule has 7 heteroatoms. The van der Waals surface area contributed by atoms with Crippen LogP contribution in [0.1, 0.15) is 24.1 Å². The molecular weight excluding hydrogens is 290 g/mol. The van der Waals surface area contributed by atoms with E-state index in [1.807, 2.05) is 0 Å². The average molecular weight is 307 g/mol. The highest BCUT2D eigenvalue weighted by molar-refractivity contribution is 5.82. The summed E-state index contributed by atoms with van der Waals surface area (Å²) in [5, 5.41) is 2.23. The second-order valence-electron chi connectivity index (χ2n) is 4.56. The van der Waals surface area contributed by atoms with Crippen LogP contribution >= 0.6 is 0 Å². The SMILES string of the molecule is CCOC(=O)[C@](F)([C@@H](NC)c1ccc(C)cc1)C(F)(F)F. The lowest BCUT2D eigenvalue weighted by atomic mass is 9.89. The molecule has 1 aromatic carbocycles. The van der Waals surface area contributed by atoms with Crippen molar-refractivity contribution in [1.82, 2.24) is 5.32 Å². The number of hydrogen-bond acceptors (Lipinski definition) is 3. The molecule has 0 radical (unpaired) electrons. The second-order valence-corrected chi connectivity index (χ2v) is 4.56. The molecule has 3 nitrogen and oxygen atoms in total. The summed E-state index contributed by atoms with van der Waals surface area (Å²) in [6.07, 6.45) is -5.40. The minimum atomic E-state index is -5.40. The fourth-order valence-electron chi connectivity index (χ4n) is 1.99. The number of carbonyl (C=O) groups is 1. The largest absolute Gasteiger partial charge is 0.463 e. The molecule has 0 aliphatic carbocycles. The molecule has 0 bridgehead atoms. The van der Waals surface area contributed by atoms with Gasteiger partial charge in [0.1, 0.15) is 0 Å². The normalized spacial score (nSPS) is 16.1. The number of hydrogen-bond donors (Lipinski definition) is 1. The van der Waals surface area contributed by atoms with Crippen molar-refractivity contribution < 1.29 is 27.1 Å². The Hall–Kier alpha value is -1.63. The Morgan fingerprint density at radius 2 is 1.76 bits per heavy atom. The molecule has 0 saturated carbocycles. The van der Waals surface area contributed by atoms with E-state index in [-0.39, 0.29) is 12.2 Å². The number of esters is 1. The Labute approximate surface area is 120 Å². The summed E-state index contributed by atoms with van der Waals surface area (Å²) in [4.78, 5) is 11.6. The molecule has 0 unspecified atom stereocenters. The van der Waals surface area contributed by atoms with Crippen molar-refractivity contribution in [2.24, 2.45) is 0 Å². The van der Waals surface area contributed by atoms with Gasteiger partial charge >= 0.3 is 17.8 Å². The average Bonchev–Trinajstić information content (AvgIpc) is 2.40. The minimum absolute atomic E-state index is 0.0102. The summed E-state index contributed by atoms with van der Waals surface area (Å²) in [5.74, 6) is -1.95. The van der Waals surface area contributed by atoms with Crippen molar-refractivity contribution in [2.75, 3.05) is 13.7 Å². The smallest absolute Gasteiger partial charge is 0.435 e. The molecule has 0 heterocycles. The van der Waals surface area contributed by atoms with Crippen LogP contribution in [0.4, 0.5) is 17.6 Å². The van der Waals surface area contributed by atoms with Gasteiger partial charge in [-0.25, -0.2) is 9.18 Å². The van der Waals surface area contributed by atoms with E-state index < -0.39 is 23.9 Å². The predicted octanol–water partition coefficient (Wildman–Crippen LogP) is 3.09. The molecule has 0 aliphatic rings. The van der Waals surface area contributed by atoms with Gasteiger partial charge in [-0.2, -0.15) is 13.2 Å². The van der Waals surface area contributed by atoms with Gasteiger partial charge in [0.2, 0.25) is 0 Å². The van der Waals surface area contributed by atoms with Crippen molar-refractivity contribution in [1.29, 1.82) is 0 Å². The number of nitrogens with one attached hydrogen (secondary N) is 1. The maximum Gasteiger partial charge on any atom is 0.435 e. The van der Waals surface area contributed by atoms with E-state index in [0.29, 0.717) is 0 Å².